The number of carbonyl (C=O) groups is 1. The van der Waals surface area contributed by atoms with Crippen LogP contribution in [0.4, 0.5) is 5.82 Å². The number of carbonyl (C=O) groups excluding carboxylic acids is 1. The van der Waals surface area contributed by atoms with Gasteiger partial charge in [0, 0.05) is 32.4 Å². The van der Waals surface area contributed by atoms with Crippen LogP contribution in [0, 0.1) is 0 Å². The molecule has 1 aliphatic rings. The van der Waals surface area contributed by atoms with E-state index >= 15 is 0 Å². The lowest BCUT2D eigenvalue weighted by atomic mass is 10.2. The monoisotopic (exact) mass is 368 g/mol. The molecule has 3 rings (SSSR count). The predicted molar refractivity (Wildman–Crippen MR) is 90.6 cm³/mol. The first-order valence-corrected chi connectivity index (χ1v) is 9.30. The normalized spacial score (nSPS) is 15.6. The first-order chi connectivity index (χ1) is 11.4. The lowest BCUT2D eigenvalue weighted by Crippen LogP contribution is -2.28. The van der Waals surface area contributed by atoms with Crippen LogP contribution in [0.1, 0.15) is 23.2 Å². The van der Waals surface area contributed by atoms with Crippen LogP contribution in [-0.4, -0.2) is 41.5 Å². The Hall–Kier alpha value is -1.90. The Labute approximate surface area is 145 Å². The second kappa shape index (κ2) is 6.54. The molecule has 1 saturated heterocycles. The zero-order valence-electron chi connectivity index (χ0n) is 13.1. The molecule has 9 heteroatoms. The maximum atomic E-state index is 12.6. The van der Waals surface area contributed by atoms with Gasteiger partial charge in [0.1, 0.15) is 0 Å². The fourth-order valence-corrected chi connectivity index (χ4v) is 4.33. The van der Waals surface area contributed by atoms with E-state index in [4.69, 9.17) is 11.6 Å². The van der Waals surface area contributed by atoms with Crippen molar-refractivity contribution in [2.75, 3.05) is 18.4 Å². The van der Waals surface area contributed by atoms with Crippen molar-refractivity contribution in [3.63, 3.8) is 0 Å². The number of rotatable bonds is 4. The molecule has 2 aromatic rings. The fourth-order valence-electron chi connectivity index (χ4n) is 2.58. The van der Waals surface area contributed by atoms with Gasteiger partial charge in [-0.3, -0.25) is 9.48 Å². The molecule has 2 heterocycles. The summed E-state index contributed by atoms with van der Waals surface area (Å²) in [4.78, 5) is 12.5. The maximum Gasteiger partial charge on any atom is 0.258 e. The van der Waals surface area contributed by atoms with E-state index in [1.165, 1.54) is 22.5 Å². The third-order valence-electron chi connectivity index (χ3n) is 3.84. The summed E-state index contributed by atoms with van der Waals surface area (Å²) in [5, 5.41) is 6.84. The van der Waals surface area contributed by atoms with E-state index < -0.39 is 15.9 Å². The zero-order chi connectivity index (χ0) is 17.3. The second-order valence-corrected chi connectivity index (χ2v) is 7.93. The Morgan fingerprint density at radius 1 is 1.25 bits per heavy atom. The van der Waals surface area contributed by atoms with Gasteiger partial charge in [-0.05, 0) is 31.0 Å². The number of benzene rings is 1. The minimum absolute atomic E-state index is 0.0694. The van der Waals surface area contributed by atoms with Gasteiger partial charge in [-0.15, -0.1) is 0 Å². The van der Waals surface area contributed by atoms with Crippen LogP contribution in [0.2, 0.25) is 5.02 Å². The molecule has 1 fully saturated rings. The molecule has 1 aromatic carbocycles. The van der Waals surface area contributed by atoms with Gasteiger partial charge < -0.3 is 5.32 Å². The fraction of sp³-hybridized carbons (Fsp3) is 0.333. The molecule has 0 radical (unpaired) electrons. The summed E-state index contributed by atoms with van der Waals surface area (Å²) >= 11 is 6.08. The highest BCUT2D eigenvalue weighted by Crippen LogP contribution is 2.25. The molecule has 0 bridgehead atoms. The average Bonchev–Trinajstić information content (AvgIpc) is 3.19. The molecule has 0 spiro atoms. The molecular formula is C15H17ClN4O3S. The van der Waals surface area contributed by atoms with Gasteiger partial charge in [0.25, 0.3) is 5.91 Å². The van der Waals surface area contributed by atoms with E-state index in [1.807, 2.05) is 0 Å². The van der Waals surface area contributed by atoms with Crippen LogP contribution in [-0.2, 0) is 17.1 Å². The number of nitrogens with zero attached hydrogens (tertiary/aromatic N) is 3. The minimum atomic E-state index is -3.61. The third kappa shape index (κ3) is 3.31. The van der Waals surface area contributed by atoms with E-state index in [9.17, 15) is 13.2 Å². The number of hydrogen-bond donors (Lipinski definition) is 1. The van der Waals surface area contributed by atoms with Crippen molar-refractivity contribution in [2.24, 2.45) is 7.05 Å². The summed E-state index contributed by atoms with van der Waals surface area (Å²) in [6.45, 7) is 1.00. The summed E-state index contributed by atoms with van der Waals surface area (Å²) in [5.41, 5.74) is 0.0996. The number of anilines is 1. The molecule has 0 saturated carbocycles. The van der Waals surface area contributed by atoms with Crippen molar-refractivity contribution in [1.82, 2.24) is 14.1 Å². The molecule has 1 N–H and O–H groups in total. The zero-order valence-corrected chi connectivity index (χ0v) is 14.6. The minimum Gasteiger partial charge on any atom is -0.305 e. The summed E-state index contributed by atoms with van der Waals surface area (Å²) in [5.74, 6) is -0.136. The second-order valence-electron chi connectivity index (χ2n) is 5.58. The van der Waals surface area contributed by atoms with E-state index in [2.05, 4.69) is 10.4 Å². The summed E-state index contributed by atoms with van der Waals surface area (Å²) in [6.07, 6.45) is 3.38. The maximum absolute atomic E-state index is 12.6. The van der Waals surface area contributed by atoms with Gasteiger partial charge in [0.05, 0.1) is 15.5 Å². The topological polar surface area (TPSA) is 84.3 Å². The predicted octanol–water partition coefficient (Wildman–Crippen LogP) is 2.11. The van der Waals surface area contributed by atoms with E-state index in [-0.39, 0.29) is 15.5 Å². The van der Waals surface area contributed by atoms with Gasteiger partial charge in [0.15, 0.2) is 5.82 Å². The van der Waals surface area contributed by atoms with Crippen LogP contribution < -0.4 is 5.32 Å². The van der Waals surface area contributed by atoms with Gasteiger partial charge >= 0.3 is 0 Å². The highest BCUT2D eigenvalue weighted by molar-refractivity contribution is 7.89. The van der Waals surface area contributed by atoms with Crippen molar-refractivity contribution in [3.8, 4) is 0 Å². The molecule has 0 atom stereocenters. The molecule has 1 aliphatic heterocycles. The van der Waals surface area contributed by atoms with E-state index in [0.29, 0.717) is 18.9 Å². The summed E-state index contributed by atoms with van der Waals surface area (Å²) in [6, 6.07) is 5.80. The van der Waals surface area contributed by atoms with Crippen LogP contribution in [0.25, 0.3) is 0 Å². The molecule has 7 nitrogen and oxygen atoms in total. The third-order valence-corrected chi connectivity index (χ3v) is 6.06. The Morgan fingerprint density at radius 2 is 1.96 bits per heavy atom. The Bertz CT molecular complexity index is 873. The number of halogens is 1. The SMILES string of the molecule is Cn1ccc(NC(=O)c2cc(S(=O)(=O)N3CCCC3)ccc2Cl)n1. The van der Waals surface area contributed by atoms with Crippen LogP contribution in [0.15, 0.2) is 35.4 Å². The van der Waals surface area contributed by atoms with Crippen molar-refractivity contribution >= 4 is 33.3 Å². The number of hydrogen-bond acceptors (Lipinski definition) is 4. The summed E-state index contributed by atoms with van der Waals surface area (Å²) < 4.78 is 28.2. The summed E-state index contributed by atoms with van der Waals surface area (Å²) in [7, 11) is -1.88. The van der Waals surface area contributed by atoms with Crippen molar-refractivity contribution in [1.29, 1.82) is 0 Å². The molecular weight excluding hydrogens is 352 g/mol. The first-order valence-electron chi connectivity index (χ1n) is 7.48. The Kier molecular flexibility index (Phi) is 4.62. The number of aromatic nitrogens is 2. The Balaban J connectivity index is 1.90. The lowest BCUT2D eigenvalue weighted by molar-refractivity contribution is 0.102. The number of amides is 1. The van der Waals surface area contributed by atoms with Crippen LogP contribution in [0.3, 0.4) is 0 Å². The average molecular weight is 369 g/mol. The largest absolute Gasteiger partial charge is 0.305 e. The van der Waals surface area contributed by atoms with E-state index in [1.54, 1.807) is 24.0 Å². The molecule has 128 valence electrons. The van der Waals surface area contributed by atoms with Crippen molar-refractivity contribution < 1.29 is 13.2 Å². The molecule has 24 heavy (non-hydrogen) atoms. The van der Waals surface area contributed by atoms with Gasteiger partial charge in [-0.1, -0.05) is 11.6 Å². The number of nitrogens with one attached hydrogen (secondary N) is 1. The molecule has 1 aromatic heterocycles. The van der Waals surface area contributed by atoms with E-state index in [0.717, 1.165) is 12.8 Å². The first kappa shape index (κ1) is 16.9. The highest BCUT2D eigenvalue weighted by Gasteiger charge is 2.28. The Morgan fingerprint density at radius 3 is 2.58 bits per heavy atom. The highest BCUT2D eigenvalue weighted by atomic mass is 35.5. The number of aryl methyl sites for hydroxylation is 1. The molecule has 0 unspecified atom stereocenters. The van der Waals surface area contributed by atoms with Crippen LogP contribution in [0.5, 0.6) is 0 Å². The van der Waals surface area contributed by atoms with Gasteiger partial charge in [0.2, 0.25) is 10.0 Å². The lowest BCUT2D eigenvalue weighted by Gasteiger charge is -2.16. The van der Waals surface area contributed by atoms with Gasteiger partial charge in [-0.25, -0.2) is 8.42 Å². The standard InChI is InChI=1S/C15H17ClN4O3S/c1-19-9-6-14(18-19)17-15(21)12-10-11(4-5-13(12)16)24(22,23)20-7-2-3-8-20/h4-6,9-10H,2-3,7-8H2,1H3,(H,17,18,21). The quantitative estimate of drug-likeness (QED) is 0.895. The smallest absolute Gasteiger partial charge is 0.258 e. The van der Waals surface area contributed by atoms with Crippen LogP contribution >= 0.6 is 11.6 Å². The van der Waals surface area contributed by atoms with Gasteiger partial charge in [-0.2, -0.15) is 9.40 Å². The van der Waals surface area contributed by atoms with Crippen molar-refractivity contribution in [3.05, 3.63) is 41.0 Å². The molecule has 0 aliphatic carbocycles. The number of sulfonamides is 1. The molecule has 1 amide bonds. The van der Waals surface area contributed by atoms with Crippen molar-refractivity contribution in [2.45, 2.75) is 17.7 Å².